The first-order valence-corrected chi connectivity index (χ1v) is 5.60. The molecule has 1 saturated carbocycles. The zero-order valence-corrected chi connectivity index (χ0v) is 8.93. The van der Waals surface area contributed by atoms with Crippen LogP contribution in [0.5, 0.6) is 0 Å². The minimum Gasteiger partial charge on any atom is -0.255 e. The molecule has 1 N–H and O–H groups in total. The Morgan fingerprint density at radius 1 is 1.00 bits per heavy atom. The predicted octanol–water partition coefficient (Wildman–Crippen LogP) is 3.65. The van der Waals surface area contributed by atoms with Gasteiger partial charge < -0.3 is 0 Å². The summed E-state index contributed by atoms with van der Waals surface area (Å²) in [7, 11) is 0. The molecule has 0 heterocycles. The van der Waals surface area contributed by atoms with Crippen LogP contribution in [0.2, 0.25) is 5.02 Å². The van der Waals surface area contributed by atoms with Crippen LogP contribution in [0.1, 0.15) is 37.2 Å². The van der Waals surface area contributed by atoms with Gasteiger partial charge in [0.05, 0.1) is 0 Å². The number of nitrogens with one attached hydrogen (secondary N) is 1. The molecule has 0 saturated heterocycles. The highest BCUT2D eigenvalue weighted by Gasteiger charge is 2.19. The fraction of sp³-hybridized carbons (Fsp3) is 0.500. The molecule has 0 amide bonds. The predicted molar refractivity (Wildman–Crippen MR) is 59.5 cm³/mol. The van der Waals surface area contributed by atoms with Crippen LogP contribution in [-0.4, -0.2) is 6.04 Å². The molecule has 1 radical (unpaired) electrons. The Morgan fingerprint density at radius 3 is 2.14 bits per heavy atom. The molecule has 14 heavy (non-hydrogen) atoms. The van der Waals surface area contributed by atoms with Gasteiger partial charge in [-0.2, -0.15) is 0 Å². The van der Waals surface area contributed by atoms with Gasteiger partial charge in [-0.3, -0.25) is 5.73 Å². The number of hydrogen-bond donors (Lipinski definition) is 0. The quantitative estimate of drug-likeness (QED) is 0.673. The van der Waals surface area contributed by atoms with Crippen LogP contribution >= 0.6 is 11.6 Å². The van der Waals surface area contributed by atoms with E-state index >= 15 is 0 Å². The van der Waals surface area contributed by atoms with E-state index in [4.69, 9.17) is 17.3 Å². The van der Waals surface area contributed by atoms with E-state index in [0.29, 0.717) is 5.92 Å². The number of halogens is 1. The van der Waals surface area contributed by atoms with Crippen molar-refractivity contribution in [2.24, 2.45) is 0 Å². The first-order valence-electron chi connectivity index (χ1n) is 5.22. The van der Waals surface area contributed by atoms with Gasteiger partial charge in [0.25, 0.3) is 0 Å². The van der Waals surface area contributed by atoms with Crippen molar-refractivity contribution in [1.82, 2.24) is 5.73 Å². The Hall–Kier alpha value is -0.530. The van der Waals surface area contributed by atoms with Gasteiger partial charge in [-0.15, -0.1) is 0 Å². The molecule has 0 unspecified atom stereocenters. The molecule has 0 aliphatic heterocycles. The highest BCUT2D eigenvalue weighted by atomic mass is 35.5. The second-order valence-electron chi connectivity index (χ2n) is 4.10. The van der Waals surface area contributed by atoms with Crippen LogP contribution in [0.4, 0.5) is 0 Å². The number of rotatable bonds is 1. The van der Waals surface area contributed by atoms with Gasteiger partial charge >= 0.3 is 0 Å². The summed E-state index contributed by atoms with van der Waals surface area (Å²) in [6.07, 6.45) is 4.42. The van der Waals surface area contributed by atoms with E-state index in [1.54, 1.807) is 0 Å². The summed E-state index contributed by atoms with van der Waals surface area (Å²) >= 11 is 5.84. The van der Waals surface area contributed by atoms with Crippen molar-refractivity contribution in [3.05, 3.63) is 34.9 Å². The van der Waals surface area contributed by atoms with E-state index < -0.39 is 0 Å². The molecule has 1 aromatic carbocycles. The molecule has 0 aromatic heterocycles. The van der Waals surface area contributed by atoms with Crippen molar-refractivity contribution in [3.8, 4) is 0 Å². The first-order chi connectivity index (χ1) is 6.75. The van der Waals surface area contributed by atoms with Crippen molar-refractivity contribution in [1.29, 1.82) is 0 Å². The van der Waals surface area contributed by atoms with Crippen molar-refractivity contribution < 1.29 is 0 Å². The molecule has 1 fully saturated rings. The highest BCUT2D eigenvalue weighted by Crippen LogP contribution is 2.32. The minimum absolute atomic E-state index is 0.179. The minimum atomic E-state index is 0.179. The maximum atomic E-state index is 7.64. The number of hydrogen-bond acceptors (Lipinski definition) is 0. The van der Waals surface area contributed by atoms with E-state index in [9.17, 15) is 0 Å². The average molecular weight is 209 g/mol. The van der Waals surface area contributed by atoms with Crippen molar-refractivity contribution >= 4 is 11.6 Å². The second-order valence-corrected chi connectivity index (χ2v) is 4.54. The molecule has 0 atom stereocenters. The van der Waals surface area contributed by atoms with E-state index in [2.05, 4.69) is 12.1 Å². The maximum Gasteiger partial charge on any atom is 0.0406 e. The molecule has 0 bridgehead atoms. The Kier molecular flexibility index (Phi) is 3.09. The molecule has 1 aromatic rings. The molecule has 2 heteroatoms. The van der Waals surface area contributed by atoms with Crippen LogP contribution in [-0.2, 0) is 0 Å². The number of benzene rings is 1. The molecular formula is C12H15ClN. The monoisotopic (exact) mass is 208 g/mol. The van der Waals surface area contributed by atoms with E-state index in [-0.39, 0.29) is 6.04 Å². The zero-order chi connectivity index (χ0) is 9.97. The lowest BCUT2D eigenvalue weighted by atomic mass is 9.82. The summed E-state index contributed by atoms with van der Waals surface area (Å²) in [5, 5.41) is 0.808. The van der Waals surface area contributed by atoms with Gasteiger partial charge in [0.15, 0.2) is 0 Å². The lowest BCUT2D eigenvalue weighted by molar-refractivity contribution is 0.388. The van der Waals surface area contributed by atoms with Gasteiger partial charge in [-0.05, 0) is 49.3 Å². The molecule has 1 aliphatic carbocycles. The lowest BCUT2D eigenvalue weighted by Gasteiger charge is -2.25. The van der Waals surface area contributed by atoms with Crippen LogP contribution < -0.4 is 5.73 Å². The average Bonchev–Trinajstić information content (AvgIpc) is 2.21. The van der Waals surface area contributed by atoms with E-state index in [1.165, 1.54) is 5.56 Å². The molecular weight excluding hydrogens is 194 g/mol. The summed E-state index contributed by atoms with van der Waals surface area (Å²) in [6, 6.07) is 8.35. The third-order valence-electron chi connectivity index (χ3n) is 3.07. The van der Waals surface area contributed by atoms with Gasteiger partial charge in [0.1, 0.15) is 0 Å². The van der Waals surface area contributed by atoms with Gasteiger partial charge in [-0.1, -0.05) is 23.7 Å². The Bertz CT molecular complexity index is 286. The van der Waals surface area contributed by atoms with Gasteiger partial charge in [0, 0.05) is 11.1 Å². The van der Waals surface area contributed by atoms with E-state index in [0.717, 1.165) is 30.7 Å². The lowest BCUT2D eigenvalue weighted by Crippen LogP contribution is -2.18. The Balaban J connectivity index is 2.05. The normalized spacial score (nSPS) is 27.6. The fourth-order valence-electron chi connectivity index (χ4n) is 2.16. The zero-order valence-electron chi connectivity index (χ0n) is 8.17. The highest BCUT2D eigenvalue weighted by molar-refractivity contribution is 6.30. The summed E-state index contributed by atoms with van der Waals surface area (Å²) in [5.41, 5.74) is 9.03. The molecule has 1 nitrogen and oxygen atoms in total. The maximum absolute atomic E-state index is 7.64. The third-order valence-corrected chi connectivity index (χ3v) is 3.32. The van der Waals surface area contributed by atoms with Crippen LogP contribution in [0.25, 0.3) is 0 Å². The molecule has 2 rings (SSSR count). The van der Waals surface area contributed by atoms with Crippen molar-refractivity contribution in [2.75, 3.05) is 0 Å². The van der Waals surface area contributed by atoms with Gasteiger partial charge in [-0.25, -0.2) is 0 Å². The molecule has 75 valence electrons. The van der Waals surface area contributed by atoms with Crippen LogP contribution in [0.3, 0.4) is 0 Å². The SMILES string of the molecule is [NH][C@H]1CC[C@@H](c2ccc(Cl)cc2)CC1. The Labute approximate surface area is 90.3 Å². The third kappa shape index (κ3) is 2.28. The van der Waals surface area contributed by atoms with Crippen LogP contribution in [0.15, 0.2) is 24.3 Å². The topological polar surface area (TPSA) is 23.8 Å². The summed E-state index contributed by atoms with van der Waals surface area (Å²) in [6.45, 7) is 0. The summed E-state index contributed by atoms with van der Waals surface area (Å²) in [4.78, 5) is 0. The second kappa shape index (κ2) is 4.33. The fourth-order valence-corrected chi connectivity index (χ4v) is 2.29. The molecule has 1 aliphatic rings. The smallest absolute Gasteiger partial charge is 0.0406 e. The van der Waals surface area contributed by atoms with E-state index in [1.807, 2.05) is 12.1 Å². The van der Waals surface area contributed by atoms with Crippen molar-refractivity contribution in [2.45, 2.75) is 37.6 Å². The summed E-state index contributed by atoms with van der Waals surface area (Å²) in [5.74, 6) is 0.661. The summed E-state index contributed by atoms with van der Waals surface area (Å²) < 4.78 is 0. The first kappa shape index (κ1) is 10.0. The largest absolute Gasteiger partial charge is 0.255 e. The Morgan fingerprint density at radius 2 is 1.57 bits per heavy atom. The van der Waals surface area contributed by atoms with Crippen molar-refractivity contribution in [3.63, 3.8) is 0 Å². The van der Waals surface area contributed by atoms with Gasteiger partial charge in [0.2, 0.25) is 0 Å². The molecule has 0 spiro atoms. The standard InChI is InChI=1S/C12H15ClN/c13-11-5-1-9(2-6-11)10-3-7-12(14)8-4-10/h1-2,5-6,10,12,14H,3-4,7-8H2/t10-,12+. The van der Waals surface area contributed by atoms with Crippen LogP contribution in [0, 0.1) is 0 Å².